The minimum absolute atomic E-state index is 0.00132. The fraction of sp³-hybridized carbons (Fsp3) is 0.407. The third-order valence-corrected chi connectivity index (χ3v) is 6.72. The van der Waals surface area contributed by atoms with Crippen LogP contribution in [-0.2, 0) is 22.9 Å². The first-order chi connectivity index (χ1) is 18.4. The molecule has 3 heterocycles. The lowest BCUT2D eigenvalue weighted by Crippen LogP contribution is -2.58. The van der Waals surface area contributed by atoms with Crippen LogP contribution in [0.5, 0.6) is 23.3 Å². The smallest absolute Gasteiger partial charge is 0.335 e. The SMILES string of the molecule is COc1ccc(CN2C3COC[C@H]2CC(Oc2ncnc(Oc4ccc(C)cc4F)c2C)C3)cc1.O=S=O. The van der Waals surface area contributed by atoms with Crippen molar-refractivity contribution in [2.24, 2.45) is 0 Å². The Bertz CT molecular complexity index is 1260. The van der Waals surface area contributed by atoms with Gasteiger partial charge in [0.1, 0.15) is 18.2 Å². The van der Waals surface area contributed by atoms with E-state index in [0.29, 0.717) is 30.5 Å². The highest BCUT2D eigenvalue weighted by Gasteiger charge is 2.40. The molecular formula is C27H30FN3O6S. The number of methoxy groups -OCH3 is 1. The molecule has 3 atom stereocenters. The molecule has 1 aromatic heterocycles. The summed E-state index contributed by atoms with van der Waals surface area (Å²) in [6, 6.07) is 13.6. The van der Waals surface area contributed by atoms with Crippen LogP contribution in [0.1, 0.15) is 29.5 Å². The minimum atomic E-state index is -0.750. The third-order valence-electron chi connectivity index (χ3n) is 6.72. The Morgan fingerprint density at radius 1 is 1.03 bits per heavy atom. The summed E-state index contributed by atoms with van der Waals surface area (Å²) >= 11 is -0.750. The van der Waals surface area contributed by atoms with Gasteiger partial charge in [0.15, 0.2) is 11.6 Å². The molecule has 5 rings (SSSR count). The van der Waals surface area contributed by atoms with E-state index in [1.165, 1.54) is 18.0 Å². The van der Waals surface area contributed by atoms with E-state index >= 15 is 0 Å². The third kappa shape index (κ3) is 6.72. The molecule has 2 aliphatic rings. The highest BCUT2D eigenvalue weighted by molar-refractivity contribution is 7.51. The predicted molar refractivity (Wildman–Crippen MR) is 137 cm³/mol. The molecule has 0 aliphatic carbocycles. The molecule has 9 nitrogen and oxygen atoms in total. The van der Waals surface area contributed by atoms with E-state index in [0.717, 1.165) is 30.7 Å². The second-order valence-electron chi connectivity index (χ2n) is 9.29. The van der Waals surface area contributed by atoms with Gasteiger partial charge in [-0.15, -0.1) is 0 Å². The molecular weight excluding hydrogens is 513 g/mol. The van der Waals surface area contributed by atoms with Crippen molar-refractivity contribution in [3.63, 3.8) is 0 Å². The Balaban J connectivity index is 0.00000107. The number of benzene rings is 2. The molecule has 2 aromatic carbocycles. The van der Waals surface area contributed by atoms with Crippen LogP contribution < -0.4 is 14.2 Å². The Hall–Kier alpha value is -3.41. The first kappa shape index (κ1) is 27.6. The number of halogens is 1. The molecule has 2 saturated heterocycles. The van der Waals surface area contributed by atoms with Gasteiger partial charge in [-0.05, 0) is 49.2 Å². The number of aromatic nitrogens is 2. The van der Waals surface area contributed by atoms with Crippen LogP contribution in [-0.4, -0.2) is 61.8 Å². The topological polar surface area (TPSA) is 100 Å². The number of rotatable bonds is 7. The normalized spacial score (nSPS) is 20.6. The summed E-state index contributed by atoms with van der Waals surface area (Å²) in [6.45, 7) is 5.88. The number of hydrogen-bond acceptors (Lipinski definition) is 9. The predicted octanol–water partition coefficient (Wildman–Crippen LogP) is 4.17. The van der Waals surface area contributed by atoms with Crippen molar-refractivity contribution in [2.45, 2.75) is 51.4 Å². The van der Waals surface area contributed by atoms with Crippen molar-refractivity contribution >= 4 is 11.6 Å². The maximum atomic E-state index is 14.3. The summed E-state index contributed by atoms with van der Waals surface area (Å²) in [5.74, 6) is 1.32. The van der Waals surface area contributed by atoms with Gasteiger partial charge in [0, 0.05) is 31.5 Å². The van der Waals surface area contributed by atoms with Crippen molar-refractivity contribution in [3.8, 4) is 23.3 Å². The molecule has 2 unspecified atom stereocenters. The van der Waals surface area contributed by atoms with Crippen LogP contribution in [0.25, 0.3) is 0 Å². The van der Waals surface area contributed by atoms with Crippen molar-refractivity contribution in [1.82, 2.24) is 14.9 Å². The second-order valence-corrected chi connectivity index (χ2v) is 9.43. The zero-order valence-corrected chi connectivity index (χ0v) is 22.3. The first-order valence-electron chi connectivity index (χ1n) is 12.2. The molecule has 3 aromatic rings. The molecule has 0 spiro atoms. The van der Waals surface area contributed by atoms with Gasteiger partial charge in [-0.1, -0.05) is 18.2 Å². The maximum Gasteiger partial charge on any atom is 0.335 e. The fourth-order valence-electron chi connectivity index (χ4n) is 4.83. The van der Waals surface area contributed by atoms with Gasteiger partial charge in [0.25, 0.3) is 0 Å². The molecule has 11 heteroatoms. The average Bonchev–Trinajstić information content (AvgIpc) is 2.89. The molecule has 0 radical (unpaired) electrons. The lowest BCUT2D eigenvalue weighted by molar-refractivity contribution is -0.104. The molecule has 0 saturated carbocycles. The van der Waals surface area contributed by atoms with Gasteiger partial charge in [-0.25, -0.2) is 14.4 Å². The van der Waals surface area contributed by atoms with Crippen LogP contribution in [0, 0.1) is 19.7 Å². The van der Waals surface area contributed by atoms with Crippen molar-refractivity contribution in [3.05, 3.63) is 71.3 Å². The summed E-state index contributed by atoms with van der Waals surface area (Å²) in [4.78, 5) is 11.1. The number of aryl methyl sites for hydroxylation is 1. The number of ether oxygens (including phenoxy) is 4. The first-order valence-corrected chi connectivity index (χ1v) is 12.9. The summed E-state index contributed by atoms with van der Waals surface area (Å²) in [6.07, 6.45) is 3.06. The molecule has 38 heavy (non-hydrogen) atoms. The highest BCUT2D eigenvalue weighted by atomic mass is 32.1. The average molecular weight is 544 g/mol. The Morgan fingerprint density at radius 2 is 1.68 bits per heavy atom. The van der Waals surface area contributed by atoms with Gasteiger partial charge in [0.05, 0.1) is 25.9 Å². The van der Waals surface area contributed by atoms with Gasteiger partial charge < -0.3 is 18.9 Å². The molecule has 2 aliphatic heterocycles. The molecule has 202 valence electrons. The van der Waals surface area contributed by atoms with Crippen LogP contribution in [0.15, 0.2) is 48.8 Å². The maximum absolute atomic E-state index is 14.3. The zero-order valence-electron chi connectivity index (χ0n) is 21.5. The summed E-state index contributed by atoms with van der Waals surface area (Å²) in [5, 5.41) is 0. The minimum Gasteiger partial charge on any atom is -0.497 e. The zero-order chi connectivity index (χ0) is 27.1. The van der Waals surface area contributed by atoms with Crippen LogP contribution >= 0.6 is 0 Å². The molecule has 2 fully saturated rings. The number of piperidine rings is 1. The van der Waals surface area contributed by atoms with E-state index in [1.807, 2.05) is 26.0 Å². The number of fused-ring (bicyclic) bond motifs is 2. The van der Waals surface area contributed by atoms with Crippen LogP contribution in [0.3, 0.4) is 0 Å². The van der Waals surface area contributed by atoms with Crippen molar-refractivity contribution < 1.29 is 31.8 Å². The Morgan fingerprint density at radius 3 is 2.32 bits per heavy atom. The largest absolute Gasteiger partial charge is 0.497 e. The molecule has 0 amide bonds. The Labute approximate surface area is 224 Å². The number of nitrogens with zero attached hydrogens (tertiary/aromatic N) is 3. The summed E-state index contributed by atoms with van der Waals surface area (Å²) in [5.41, 5.74) is 2.72. The summed E-state index contributed by atoms with van der Waals surface area (Å²) in [7, 11) is 1.68. The fourth-order valence-corrected chi connectivity index (χ4v) is 4.83. The van der Waals surface area contributed by atoms with Crippen LogP contribution in [0.2, 0.25) is 0 Å². The molecule has 0 N–H and O–H groups in total. The number of morpholine rings is 1. The van der Waals surface area contributed by atoms with Crippen molar-refractivity contribution in [2.75, 3.05) is 20.3 Å². The quantitative estimate of drug-likeness (QED) is 0.435. The van der Waals surface area contributed by atoms with Crippen molar-refractivity contribution in [1.29, 1.82) is 0 Å². The van der Waals surface area contributed by atoms with Gasteiger partial charge in [-0.3, -0.25) is 4.90 Å². The van der Waals surface area contributed by atoms with Gasteiger partial charge in [-0.2, -0.15) is 8.42 Å². The van der Waals surface area contributed by atoms with E-state index in [1.54, 1.807) is 19.2 Å². The summed E-state index contributed by atoms with van der Waals surface area (Å²) < 4.78 is 54.1. The highest BCUT2D eigenvalue weighted by Crippen LogP contribution is 2.34. The second kappa shape index (κ2) is 12.9. The van der Waals surface area contributed by atoms with Gasteiger partial charge in [0.2, 0.25) is 11.8 Å². The van der Waals surface area contributed by atoms with E-state index in [9.17, 15) is 4.39 Å². The lowest BCUT2D eigenvalue weighted by atomic mass is 9.91. The lowest BCUT2D eigenvalue weighted by Gasteiger charge is -2.48. The number of hydrogen-bond donors (Lipinski definition) is 0. The standard InChI is InChI=1S/C27H30FN3O4.O2S/c1-17-4-9-25(24(28)10-17)35-27-18(2)26(29-16-30-27)34-23-11-20-14-33-15-21(12-23)31(20)13-19-5-7-22(32-3)8-6-19;1-3-2/h4-10,16,20-21,23H,11-15H2,1-3H3;/t20-,21?,23?;/m1./s1. The van der Waals surface area contributed by atoms with E-state index in [-0.39, 0.29) is 23.9 Å². The van der Waals surface area contributed by atoms with E-state index in [2.05, 4.69) is 27.0 Å². The van der Waals surface area contributed by atoms with E-state index in [4.69, 9.17) is 27.4 Å². The monoisotopic (exact) mass is 543 g/mol. The molecule has 2 bridgehead atoms. The van der Waals surface area contributed by atoms with Gasteiger partial charge >= 0.3 is 11.6 Å². The van der Waals surface area contributed by atoms with Crippen LogP contribution in [0.4, 0.5) is 4.39 Å². The Kier molecular flexibility index (Phi) is 9.38. The van der Waals surface area contributed by atoms with E-state index < -0.39 is 17.4 Å².